The molecule has 0 amide bonds. The van der Waals surface area contributed by atoms with E-state index < -0.39 is 5.38 Å². The fraction of sp³-hybridized carbons (Fsp3) is 0.0769. The summed E-state index contributed by atoms with van der Waals surface area (Å²) in [6, 6.07) is 11.4. The lowest BCUT2D eigenvalue weighted by atomic mass is 10.0. The van der Waals surface area contributed by atoms with Crippen LogP contribution < -0.4 is 0 Å². The Morgan fingerprint density at radius 1 is 0.941 bits per heavy atom. The van der Waals surface area contributed by atoms with Crippen molar-refractivity contribution in [2.24, 2.45) is 0 Å². The Hall–Kier alpha value is -0.760. The van der Waals surface area contributed by atoms with Crippen molar-refractivity contribution < 1.29 is 4.39 Å². The van der Waals surface area contributed by atoms with Gasteiger partial charge in [-0.15, -0.1) is 11.6 Å². The van der Waals surface area contributed by atoms with Gasteiger partial charge in [-0.2, -0.15) is 0 Å². The normalized spacial score (nSPS) is 12.5. The van der Waals surface area contributed by atoms with Crippen LogP contribution in [0.15, 0.2) is 42.5 Å². The Kier molecular flexibility index (Phi) is 3.93. The largest absolute Gasteiger partial charge is 0.207 e. The molecule has 0 nitrogen and oxygen atoms in total. The first-order valence-corrected chi connectivity index (χ1v) is 6.12. The van der Waals surface area contributed by atoms with Gasteiger partial charge < -0.3 is 0 Å². The van der Waals surface area contributed by atoms with Gasteiger partial charge in [-0.05, 0) is 23.8 Å². The minimum absolute atomic E-state index is 0.335. The molecule has 0 aromatic heterocycles. The van der Waals surface area contributed by atoms with Crippen molar-refractivity contribution in [1.29, 1.82) is 0 Å². The van der Waals surface area contributed by atoms with Gasteiger partial charge >= 0.3 is 0 Å². The molecule has 2 rings (SSSR count). The highest BCUT2D eigenvalue weighted by Crippen LogP contribution is 2.33. The molecule has 1 unspecified atom stereocenters. The lowest BCUT2D eigenvalue weighted by molar-refractivity contribution is 0.612. The number of benzene rings is 2. The van der Waals surface area contributed by atoms with E-state index in [1.165, 1.54) is 6.07 Å². The molecule has 0 spiro atoms. The first-order valence-electron chi connectivity index (χ1n) is 4.93. The van der Waals surface area contributed by atoms with Gasteiger partial charge in [-0.1, -0.05) is 47.5 Å². The molecule has 0 aliphatic heterocycles. The van der Waals surface area contributed by atoms with Gasteiger partial charge in [0.2, 0.25) is 0 Å². The van der Waals surface area contributed by atoms with E-state index in [0.29, 0.717) is 21.2 Å². The molecule has 0 bridgehead atoms. The molecular weight excluding hydrogens is 281 g/mol. The average molecular weight is 290 g/mol. The van der Waals surface area contributed by atoms with Crippen molar-refractivity contribution >= 4 is 34.8 Å². The van der Waals surface area contributed by atoms with E-state index in [1.807, 2.05) is 0 Å². The van der Waals surface area contributed by atoms with Crippen LogP contribution in [-0.2, 0) is 0 Å². The number of halogens is 4. The molecule has 0 N–H and O–H groups in total. The fourth-order valence-electron chi connectivity index (χ4n) is 1.53. The Balaban J connectivity index is 2.40. The summed E-state index contributed by atoms with van der Waals surface area (Å²) in [4.78, 5) is 0. The number of hydrogen-bond donors (Lipinski definition) is 0. The fourth-order valence-corrected chi connectivity index (χ4v) is 2.15. The second-order valence-electron chi connectivity index (χ2n) is 3.56. The van der Waals surface area contributed by atoms with Crippen LogP contribution in [0.2, 0.25) is 10.0 Å². The summed E-state index contributed by atoms with van der Waals surface area (Å²) in [6.07, 6.45) is 0. The summed E-state index contributed by atoms with van der Waals surface area (Å²) < 4.78 is 13.6. The second kappa shape index (κ2) is 5.26. The van der Waals surface area contributed by atoms with E-state index in [9.17, 15) is 4.39 Å². The highest BCUT2D eigenvalue weighted by atomic mass is 35.5. The summed E-state index contributed by atoms with van der Waals surface area (Å²) in [5.41, 5.74) is 1.14. The highest BCUT2D eigenvalue weighted by molar-refractivity contribution is 6.42. The van der Waals surface area contributed by atoms with Crippen LogP contribution in [0.4, 0.5) is 4.39 Å². The third-order valence-corrected chi connectivity index (χ3v) is 3.64. The van der Waals surface area contributed by atoms with Gasteiger partial charge in [0.05, 0.1) is 15.4 Å². The molecule has 0 saturated carbocycles. The minimum atomic E-state index is -0.578. The van der Waals surface area contributed by atoms with Crippen LogP contribution in [0.25, 0.3) is 0 Å². The molecule has 2 aromatic rings. The van der Waals surface area contributed by atoms with Crippen LogP contribution in [0.1, 0.15) is 16.5 Å². The standard InChI is InChI=1S/C13H8Cl3F/c14-10-6-5-8(7-11(10)15)13(16)9-3-1-2-4-12(9)17/h1-7,13H. The Morgan fingerprint density at radius 3 is 2.29 bits per heavy atom. The summed E-state index contributed by atoms with van der Waals surface area (Å²) in [6.45, 7) is 0. The van der Waals surface area contributed by atoms with Crippen molar-refractivity contribution in [2.75, 3.05) is 0 Å². The summed E-state index contributed by atoms with van der Waals surface area (Å²) >= 11 is 17.9. The monoisotopic (exact) mass is 288 g/mol. The van der Waals surface area contributed by atoms with Gasteiger partial charge in [0, 0.05) is 5.56 Å². The van der Waals surface area contributed by atoms with Crippen LogP contribution in [0.5, 0.6) is 0 Å². The van der Waals surface area contributed by atoms with E-state index >= 15 is 0 Å². The Bertz CT molecular complexity index is 540. The summed E-state index contributed by atoms with van der Waals surface area (Å²) in [5, 5.41) is 0.282. The molecule has 2 aromatic carbocycles. The topological polar surface area (TPSA) is 0 Å². The summed E-state index contributed by atoms with van der Waals surface area (Å²) in [5.74, 6) is -0.335. The predicted molar refractivity (Wildman–Crippen MR) is 70.6 cm³/mol. The number of alkyl halides is 1. The first-order chi connectivity index (χ1) is 8.09. The maximum Gasteiger partial charge on any atom is 0.128 e. The SMILES string of the molecule is Fc1ccccc1C(Cl)c1ccc(Cl)c(Cl)c1. The van der Waals surface area contributed by atoms with Crippen LogP contribution >= 0.6 is 34.8 Å². The maximum atomic E-state index is 13.6. The maximum absolute atomic E-state index is 13.6. The quantitative estimate of drug-likeness (QED) is 0.644. The Labute approximate surface area is 114 Å². The molecule has 1 atom stereocenters. The molecule has 0 heterocycles. The zero-order valence-corrected chi connectivity index (χ0v) is 10.9. The lowest BCUT2D eigenvalue weighted by Gasteiger charge is -2.12. The molecule has 0 aliphatic carbocycles. The molecule has 0 radical (unpaired) electrons. The van der Waals surface area contributed by atoms with E-state index in [2.05, 4.69) is 0 Å². The number of hydrogen-bond acceptors (Lipinski definition) is 0. The van der Waals surface area contributed by atoms with E-state index in [-0.39, 0.29) is 5.82 Å². The number of rotatable bonds is 2. The third kappa shape index (κ3) is 2.74. The zero-order chi connectivity index (χ0) is 12.4. The van der Waals surface area contributed by atoms with Crippen molar-refractivity contribution in [3.8, 4) is 0 Å². The van der Waals surface area contributed by atoms with Crippen LogP contribution in [0.3, 0.4) is 0 Å². The van der Waals surface area contributed by atoms with Gasteiger partial charge in [0.1, 0.15) is 5.82 Å². The van der Waals surface area contributed by atoms with Crippen molar-refractivity contribution in [3.63, 3.8) is 0 Å². The molecule has 0 aliphatic rings. The molecule has 0 saturated heterocycles. The molecular formula is C13H8Cl3F. The van der Waals surface area contributed by atoms with E-state index in [0.717, 1.165) is 0 Å². The van der Waals surface area contributed by atoms with E-state index in [4.69, 9.17) is 34.8 Å². The van der Waals surface area contributed by atoms with Gasteiger partial charge in [0.15, 0.2) is 0 Å². The molecule has 4 heteroatoms. The highest BCUT2D eigenvalue weighted by Gasteiger charge is 2.15. The minimum Gasteiger partial charge on any atom is -0.207 e. The van der Waals surface area contributed by atoms with Crippen LogP contribution in [-0.4, -0.2) is 0 Å². The van der Waals surface area contributed by atoms with Crippen LogP contribution in [0, 0.1) is 5.82 Å². The van der Waals surface area contributed by atoms with E-state index in [1.54, 1.807) is 36.4 Å². The predicted octanol–water partition coefficient (Wildman–Crippen LogP) is 5.46. The van der Waals surface area contributed by atoms with Gasteiger partial charge in [-0.3, -0.25) is 0 Å². The van der Waals surface area contributed by atoms with Crippen molar-refractivity contribution in [3.05, 3.63) is 69.5 Å². The Morgan fingerprint density at radius 2 is 1.65 bits per heavy atom. The van der Waals surface area contributed by atoms with Gasteiger partial charge in [0.25, 0.3) is 0 Å². The van der Waals surface area contributed by atoms with Crippen molar-refractivity contribution in [1.82, 2.24) is 0 Å². The second-order valence-corrected chi connectivity index (χ2v) is 4.81. The molecule has 88 valence electrons. The lowest BCUT2D eigenvalue weighted by Crippen LogP contribution is -1.96. The third-order valence-electron chi connectivity index (χ3n) is 2.41. The average Bonchev–Trinajstić information content (AvgIpc) is 2.32. The summed E-state index contributed by atoms with van der Waals surface area (Å²) in [7, 11) is 0. The molecule has 17 heavy (non-hydrogen) atoms. The smallest absolute Gasteiger partial charge is 0.128 e. The van der Waals surface area contributed by atoms with Gasteiger partial charge in [-0.25, -0.2) is 4.39 Å². The zero-order valence-electron chi connectivity index (χ0n) is 8.63. The first kappa shape index (κ1) is 12.7. The van der Waals surface area contributed by atoms with Crippen molar-refractivity contribution in [2.45, 2.75) is 5.38 Å². The molecule has 0 fully saturated rings.